The van der Waals surface area contributed by atoms with Crippen LogP contribution >= 0.6 is 11.3 Å². The monoisotopic (exact) mass is 325 g/mol. The van der Waals surface area contributed by atoms with Crippen molar-refractivity contribution in [2.75, 3.05) is 0 Å². The van der Waals surface area contributed by atoms with Crippen LogP contribution in [0.25, 0.3) is 5.13 Å². The highest BCUT2D eigenvalue weighted by Crippen LogP contribution is 2.23. The van der Waals surface area contributed by atoms with Gasteiger partial charge in [0.25, 0.3) is 5.91 Å². The number of amides is 1. The molecule has 0 saturated carbocycles. The number of aryl methyl sites for hydroxylation is 2. The quantitative estimate of drug-likeness (QED) is 0.777. The van der Waals surface area contributed by atoms with E-state index >= 15 is 0 Å². The standard InChI is InChI=1S/C18H19N3OS/c1-3-15-16(23-18(20-15)21-9-4-5-10-21)17(22)19-12-14-8-6-7-13(2)11-14/h4-11H,3,12H2,1-2H3,(H,19,22). The first-order chi connectivity index (χ1) is 11.2. The van der Waals surface area contributed by atoms with E-state index in [0.29, 0.717) is 11.4 Å². The zero-order valence-electron chi connectivity index (χ0n) is 13.2. The van der Waals surface area contributed by atoms with Gasteiger partial charge in [-0.25, -0.2) is 4.98 Å². The molecule has 0 fully saturated rings. The van der Waals surface area contributed by atoms with Crippen molar-refractivity contribution in [3.63, 3.8) is 0 Å². The third-order valence-corrected chi connectivity index (χ3v) is 4.70. The van der Waals surface area contributed by atoms with Crippen molar-refractivity contribution in [3.05, 3.63) is 70.5 Å². The Labute approximate surface area is 139 Å². The van der Waals surface area contributed by atoms with Crippen molar-refractivity contribution in [1.29, 1.82) is 0 Å². The molecule has 0 aliphatic rings. The molecule has 1 N–H and O–H groups in total. The first-order valence-corrected chi connectivity index (χ1v) is 8.46. The molecule has 23 heavy (non-hydrogen) atoms. The molecule has 0 aliphatic heterocycles. The van der Waals surface area contributed by atoms with Gasteiger partial charge in [-0.05, 0) is 31.0 Å². The molecule has 3 rings (SSSR count). The maximum atomic E-state index is 12.5. The first kappa shape index (κ1) is 15.5. The molecule has 5 heteroatoms. The number of hydrogen-bond acceptors (Lipinski definition) is 3. The molecular weight excluding hydrogens is 306 g/mol. The molecule has 1 aromatic carbocycles. The van der Waals surface area contributed by atoms with E-state index in [4.69, 9.17) is 0 Å². The number of carbonyl (C=O) groups is 1. The van der Waals surface area contributed by atoms with Gasteiger partial charge in [-0.2, -0.15) is 0 Å². The van der Waals surface area contributed by atoms with Gasteiger partial charge in [0.2, 0.25) is 0 Å². The number of hydrogen-bond donors (Lipinski definition) is 1. The molecular formula is C18H19N3OS. The molecule has 1 amide bonds. The van der Waals surface area contributed by atoms with E-state index in [1.807, 2.05) is 61.1 Å². The summed E-state index contributed by atoms with van der Waals surface area (Å²) in [6.45, 7) is 4.60. The minimum Gasteiger partial charge on any atom is -0.347 e. The SMILES string of the molecule is CCc1nc(-n2cccc2)sc1C(=O)NCc1cccc(C)c1. The smallest absolute Gasteiger partial charge is 0.263 e. The summed E-state index contributed by atoms with van der Waals surface area (Å²) in [5, 5.41) is 3.82. The van der Waals surface area contributed by atoms with Crippen LogP contribution in [0.2, 0.25) is 0 Å². The Hall–Kier alpha value is -2.40. The molecule has 2 aromatic heterocycles. The number of carbonyl (C=O) groups excluding carboxylic acids is 1. The summed E-state index contributed by atoms with van der Waals surface area (Å²) in [4.78, 5) is 17.8. The van der Waals surface area contributed by atoms with Gasteiger partial charge in [0.1, 0.15) is 4.88 Å². The van der Waals surface area contributed by atoms with Gasteiger partial charge in [0.15, 0.2) is 5.13 Å². The summed E-state index contributed by atoms with van der Waals surface area (Å²) in [7, 11) is 0. The van der Waals surface area contributed by atoms with Crippen molar-refractivity contribution in [2.45, 2.75) is 26.8 Å². The van der Waals surface area contributed by atoms with E-state index in [-0.39, 0.29) is 5.91 Å². The minimum atomic E-state index is -0.0562. The molecule has 2 heterocycles. The second-order valence-electron chi connectivity index (χ2n) is 5.39. The number of benzene rings is 1. The third-order valence-electron chi connectivity index (χ3n) is 3.59. The summed E-state index contributed by atoms with van der Waals surface area (Å²) in [6, 6.07) is 12.1. The lowest BCUT2D eigenvalue weighted by Crippen LogP contribution is -2.22. The minimum absolute atomic E-state index is 0.0562. The summed E-state index contributed by atoms with van der Waals surface area (Å²) in [5.41, 5.74) is 3.14. The van der Waals surface area contributed by atoms with Crippen molar-refractivity contribution in [2.24, 2.45) is 0 Å². The maximum Gasteiger partial charge on any atom is 0.263 e. The summed E-state index contributed by atoms with van der Waals surface area (Å²) >= 11 is 1.43. The van der Waals surface area contributed by atoms with Crippen LogP contribution in [0.1, 0.15) is 33.4 Å². The zero-order chi connectivity index (χ0) is 16.2. The van der Waals surface area contributed by atoms with Crippen LogP contribution in [-0.2, 0) is 13.0 Å². The summed E-state index contributed by atoms with van der Waals surface area (Å²) < 4.78 is 1.93. The second kappa shape index (κ2) is 6.79. The van der Waals surface area contributed by atoms with Gasteiger partial charge in [-0.1, -0.05) is 48.1 Å². The van der Waals surface area contributed by atoms with Crippen LogP contribution in [0.3, 0.4) is 0 Å². The van der Waals surface area contributed by atoms with E-state index in [2.05, 4.69) is 16.4 Å². The number of thiazole rings is 1. The van der Waals surface area contributed by atoms with E-state index in [1.54, 1.807) is 0 Å². The Morgan fingerprint density at radius 3 is 2.74 bits per heavy atom. The largest absolute Gasteiger partial charge is 0.347 e. The average Bonchev–Trinajstić information content (AvgIpc) is 3.21. The molecule has 118 valence electrons. The fraction of sp³-hybridized carbons (Fsp3) is 0.222. The number of nitrogens with one attached hydrogen (secondary N) is 1. The number of rotatable bonds is 5. The predicted octanol–water partition coefficient (Wildman–Crippen LogP) is 3.73. The van der Waals surface area contributed by atoms with Gasteiger partial charge in [0, 0.05) is 18.9 Å². The highest BCUT2D eigenvalue weighted by molar-refractivity contribution is 7.16. The molecule has 3 aromatic rings. The lowest BCUT2D eigenvalue weighted by molar-refractivity contribution is 0.0954. The van der Waals surface area contributed by atoms with Crippen molar-refractivity contribution < 1.29 is 4.79 Å². The van der Waals surface area contributed by atoms with Crippen LogP contribution in [-0.4, -0.2) is 15.5 Å². The first-order valence-electron chi connectivity index (χ1n) is 7.64. The molecule has 4 nitrogen and oxygen atoms in total. The van der Waals surface area contributed by atoms with Gasteiger partial charge in [-0.3, -0.25) is 4.79 Å². The van der Waals surface area contributed by atoms with Crippen LogP contribution in [0.5, 0.6) is 0 Å². The molecule has 0 saturated heterocycles. The van der Waals surface area contributed by atoms with Crippen molar-refractivity contribution in [3.8, 4) is 5.13 Å². The number of nitrogens with zero attached hydrogens (tertiary/aromatic N) is 2. The Bertz CT molecular complexity index is 806. The van der Waals surface area contributed by atoms with Crippen molar-refractivity contribution in [1.82, 2.24) is 14.9 Å². The zero-order valence-corrected chi connectivity index (χ0v) is 14.1. The van der Waals surface area contributed by atoms with E-state index in [1.165, 1.54) is 16.9 Å². The Balaban J connectivity index is 1.76. The van der Waals surface area contributed by atoms with Crippen LogP contribution in [0.4, 0.5) is 0 Å². The summed E-state index contributed by atoms with van der Waals surface area (Å²) in [5.74, 6) is -0.0562. The van der Waals surface area contributed by atoms with Crippen LogP contribution < -0.4 is 5.32 Å². The van der Waals surface area contributed by atoms with E-state index in [9.17, 15) is 4.79 Å². The van der Waals surface area contributed by atoms with E-state index < -0.39 is 0 Å². The summed E-state index contributed by atoms with van der Waals surface area (Å²) in [6.07, 6.45) is 4.62. The van der Waals surface area contributed by atoms with Gasteiger partial charge in [0.05, 0.1) is 5.69 Å². The Morgan fingerprint density at radius 1 is 1.26 bits per heavy atom. The van der Waals surface area contributed by atoms with Gasteiger partial charge < -0.3 is 9.88 Å². The second-order valence-corrected chi connectivity index (χ2v) is 6.37. The molecule has 0 unspecified atom stereocenters. The lowest BCUT2D eigenvalue weighted by atomic mass is 10.1. The number of aromatic nitrogens is 2. The highest BCUT2D eigenvalue weighted by Gasteiger charge is 2.17. The van der Waals surface area contributed by atoms with E-state index in [0.717, 1.165) is 22.8 Å². The Morgan fingerprint density at radius 2 is 2.04 bits per heavy atom. The fourth-order valence-corrected chi connectivity index (χ4v) is 3.45. The molecule has 0 atom stereocenters. The van der Waals surface area contributed by atoms with Crippen LogP contribution in [0, 0.1) is 6.92 Å². The third kappa shape index (κ3) is 3.51. The highest BCUT2D eigenvalue weighted by atomic mass is 32.1. The fourth-order valence-electron chi connectivity index (χ4n) is 2.41. The average molecular weight is 325 g/mol. The predicted molar refractivity (Wildman–Crippen MR) is 93.2 cm³/mol. The molecule has 0 spiro atoms. The molecule has 0 radical (unpaired) electrons. The van der Waals surface area contributed by atoms with Gasteiger partial charge >= 0.3 is 0 Å². The van der Waals surface area contributed by atoms with Crippen LogP contribution in [0.15, 0.2) is 48.8 Å². The van der Waals surface area contributed by atoms with Crippen molar-refractivity contribution >= 4 is 17.2 Å². The maximum absolute atomic E-state index is 12.5. The van der Waals surface area contributed by atoms with Gasteiger partial charge in [-0.15, -0.1) is 0 Å². The molecule has 0 bridgehead atoms. The Kier molecular flexibility index (Phi) is 4.57. The molecule has 0 aliphatic carbocycles. The topological polar surface area (TPSA) is 46.9 Å². The normalized spacial score (nSPS) is 10.7. The lowest BCUT2D eigenvalue weighted by Gasteiger charge is -2.05.